The number of carbonyl (C=O) groups is 1. The van der Waals surface area contributed by atoms with Gasteiger partial charge in [0.2, 0.25) is 0 Å². The lowest BCUT2D eigenvalue weighted by Gasteiger charge is -2.34. The number of aliphatic hydroxyl groups is 1. The van der Waals surface area contributed by atoms with E-state index < -0.39 is 24.2 Å². The van der Waals surface area contributed by atoms with Crippen molar-refractivity contribution < 1.29 is 28.2 Å². The minimum atomic E-state index is -4.15. The topological polar surface area (TPSA) is 72.8 Å². The quantitative estimate of drug-likeness (QED) is 0.709. The van der Waals surface area contributed by atoms with E-state index in [0.29, 0.717) is 0 Å². The summed E-state index contributed by atoms with van der Waals surface area (Å²) in [6, 6.07) is -0.662. The fraction of sp³-hybridized carbons (Fsp3) is 0.900. The summed E-state index contributed by atoms with van der Waals surface area (Å²) in [4.78, 5) is 12.1. The highest BCUT2D eigenvalue weighted by molar-refractivity contribution is 5.64. The number of aliphatic hydroxyl groups excluding tert-OH is 1. The van der Waals surface area contributed by atoms with Crippen molar-refractivity contribution in [2.24, 2.45) is 5.92 Å². The Hall–Kier alpha value is -1.02. The smallest absolute Gasteiger partial charge is 0.405 e. The molecule has 18 heavy (non-hydrogen) atoms. The maximum atomic E-state index is 12.4. The SMILES string of the molecule is O=C(O)NC(CO)CN1CCC(C(F)(F)F)CC1. The summed E-state index contributed by atoms with van der Waals surface area (Å²) >= 11 is 0. The van der Waals surface area contributed by atoms with Crippen molar-refractivity contribution in [3.8, 4) is 0 Å². The lowest BCUT2D eigenvalue weighted by molar-refractivity contribution is -0.185. The van der Waals surface area contributed by atoms with E-state index in [4.69, 9.17) is 10.2 Å². The molecule has 1 heterocycles. The standard InChI is InChI=1S/C10H17F3N2O3/c11-10(12,13)7-1-3-15(4-2-7)5-8(6-16)14-9(17)18/h7-8,14,16H,1-6H2,(H,17,18). The molecule has 0 aliphatic carbocycles. The van der Waals surface area contributed by atoms with Crippen molar-refractivity contribution in [2.75, 3.05) is 26.2 Å². The van der Waals surface area contributed by atoms with Gasteiger partial charge in [-0.15, -0.1) is 0 Å². The number of likely N-dealkylation sites (tertiary alicyclic amines) is 1. The Morgan fingerprint density at radius 3 is 2.33 bits per heavy atom. The monoisotopic (exact) mass is 270 g/mol. The van der Waals surface area contributed by atoms with Gasteiger partial charge in [-0.3, -0.25) is 0 Å². The minimum Gasteiger partial charge on any atom is -0.465 e. The van der Waals surface area contributed by atoms with Crippen LogP contribution >= 0.6 is 0 Å². The Morgan fingerprint density at radius 2 is 1.94 bits per heavy atom. The van der Waals surface area contributed by atoms with Gasteiger partial charge >= 0.3 is 12.3 Å². The second-order valence-corrected chi connectivity index (χ2v) is 4.45. The van der Waals surface area contributed by atoms with Crippen LogP contribution in [0, 0.1) is 5.92 Å². The molecule has 1 fully saturated rings. The molecular formula is C10H17F3N2O3. The predicted molar refractivity (Wildman–Crippen MR) is 57.3 cm³/mol. The third-order valence-corrected chi connectivity index (χ3v) is 3.08. The molecule has 1 rings (SSSR count). The fourth-order valence-corrected chi connectivity index (χ4v) is 2.08. The van der Waals surface area contributed by atoms with Crippen LogP contribution in [0.25, 0.3) is 0 Å². The van der Waals surface area contributed by atoms with Crippen LogP contribution in [-0.2, 0) is 0 Å². The maximum Gasteiger partial charge on any atom is 0.405 e. The maximum absolute atomic E-state index is 12.4. The first-order valence-electron chi connectivity index (χ1n) is 5.72. The highest BCUT2D eigenvalue weighted by Gasteiger charge is 2.41. The zero-order chi connectivity index (χ0) is 13.8. The molecule has 1 unspecified atom stereocenters. The summed E-state index contributed by atoms with van der Waals surface area (Å²) in [7, 11) is 0. The number of piperidine rings is 1. The van der Waals surface area contributed by atoms with Gasteiger partial charge in [-0.25, -0.2) is 4.79 Å². The lowest BCUT2D eigenvalue weighted by atomic mass is 9.96. The van der Waals surface area contributed by atoms with Crippen LogP contribution in [-0.4, -0.2) is 59.7 Å². The molecule has 8 heteroatoms. The summed E-state index contributed by atoms with van der Waals surface area (Å²) < 4.78 is 37.3. The number of nitrogens with one attached hydrogen (secondary N) is 1. The van der Waals surface area contributed by atoms with Crippen molar-refractivity contribution in [3.05, 3.63) is 0 Å². The van der Waals surface area contributed by atoms with E-state index in [9.17, 15) is 18.0 Å². The van der Waals surface area contributed by atoms with E-state index in [-0.39, 0.29) is 39.1 Å². The van der Waals surface area contributed by atoms with Crippen molar-refractivity contribution >= 4 is 6.09 Å². The van der Waals surface area contributed by atoms with Crippen molar-refractivity contribution in [1.29, 1.82) is 0 Å². The molecule has 5 nitrogen and oxygen atoms in total. The van der Waals surface area contributed by atoms with Gasteiger partial charge in [0.15, 0.2) is 0 Å². The molecule has 0 radical (unpaired) electrons. The first kappa shape index (κ1) is 15.0. The Morgan fingerprint density at radius 1 is 1.39 bits per heavy atom. The summed E-state index contributed by atoms with van der Waals surface area (Å²) in [5.74, 6) is -1.27. The molecule has 0 bridgehead atoms. The van der Waals surface area contributed by atoms with Gasteiger partial charge in [0.05, 0.1) is 18.6 Å². The van der Waals surface area contributed by atoms with Gasteiger partial charge in [-0.05, 0) is 25.9 Å². The Bertz CT molecular complexity index is 278. The number of halogens is 3. The summed E-state index contributed by atoms with van der Waals surface area (Å²) in [5.41, 5.74) is 0. The third kappa shape index (κ3) is 4.69. The van der Waals surface area contributed by atoms with Crippen LogP contribution in [0.1, 0.15) is 12.8 Å². The number of rotatable bonds is 4. The van der Waals surface area contributed by atoms with Crippen LogP contribution in [0.15, 0.2) is 0 Å². The van der Waals surface area contributed by atoms with E-state index in [2.05, 4.69) is 5.32 Å². The molecule has 0 saturated carbocycles. The van der Waals surface area contributed by atoms with Gasteiger partial charge in [0, 0.05) is 6.54 Å². The molecule has 0 spiro atoms. The number of carboxylic acid groups (broad SMARTS) is 1. The molecule has 1 saturated heterocycles. The molecule has 1 atom stereocenters. The largest absolute Gasteiger partial charge is 0.465 e. The minimum absolute atomic E-state index is 0.0225. The van der Waals surface area contributed by atoms with Crippen LogP contribution in [0.2, 0.25) is 0 Å². The fourth-order valence-electron chi connectivity index (χ4n) is 2.08. The first-order chi connectivity index (χ1) is 8.32. The number of alkyl halides is 3. The molecule has 3 N–H and O–H groups in total. The van der Waals surface area contributed by atoms with Crippen molar-refractivity contribution in [1.82, 2.24) is 10.2 Å². The molecule has 0 aromatic carbocycles. The van der Waals surface area contributed by atoms with Crippen LogP contribution in [0.5, 0.6) is 0 Å². The number of hydrogen-bond acceptors (Lipinski definition) is 3. The van der Waals surface area contributed by atoms with Gasteiger partial charge in [-0.1, -0.05) is 0 Å². The summed E-state index contributed by atoms with van der Waals surface area (Å²) in [6.07, 6.45) is -5.36. The molecular weight excluding hydrogens is 253 g/mol. The number of amides is 1. The predicted octanol–water partition coefficient (Wildman–Crippen LogP) is 0.889. The molecule has 1 amide bonds. The van der Waals surface area contributed by atoms with E-state index in [1.807, 2.05) is 0 Å². The summed E-state index contributed by atoms with van der Waals surface area (Å²) in [6.45, 7) is 0.392. The average molecular weight is 270 g/mol. The van der Waals surface area contributed by atoms with E-state index >= 15 is 0 Å². The van der Waals surface area contributed by atoms with Crippen LogP contribution in [0.3, 0.4) is 0 Å². The van der Waals surface area contributed by atoms with Crippen molar-refractivity contribution in [2.45, 2.75) is 25.1 Å². The van der Waals surface area contributed by atoms with E-state index in [1.165, 1.54) is 0 Å². The van der Waals surface area contributed by atoms with Crippen LogP contribution in [0.4, 0.5) is 18.0 Å². The molecule has 0 aromatic rings. The van der Waals surface area contributed by atoms with Gasteiger partial charge in [-0.2, -0.15) is 13.2 Å². The zero-order valence-electron chi connectivity index (χ0n) is 9.78. The normalized spacial score (nSPS) is 20.7. The first-order valence-corrected chi connectivity index (χ1v) is 5.72. The second kappa shape index (κ2) is 6.24. The van der Waals surface area contributed by atoms with E-state index in [1.54, 1.807) is 4.90 Å². The van der Waals surface area contributed by atoms with E-state index in [0.717, 1.165) is 0 Å². The lowest BCUT2D eigenvalue weighted by Crippen LogP contribution is -2.48. The average Bonchev–Trinajstić information content (AvgIpc) is 2.27. The number of hydrogen-bond donors (Lipinski definition) is 3. The van der Waals surface area contributed by atoms with Gasteiger partial charge < -0.3 is 20.4 Å². The highest BCUT2D eigenvalue weighted by atomic mass is 19.4. The van der Waals surface area contributed by atoms with Crippen molar-refractivity contribution in [3.63, 3.8) is 0 Å². The number of nitrogens with zero attached hydrogens (tertiary/aromatic N) is 1. The summed E-state index contributed by atoms with van der Waals surface area (Å²) in [5, 5.41) is 19.6. The highest BCUT2D eigenvalue weighted by Crippen LogP contribution is 2.33. The molecule has 106 valence electrons. The Balaban J connectivity index is 2.36. The van der Waals surface area contributed by atoms with Crippen LogP contribution < -0.4 is 5.32 Å². The van der Waals surface area contributed by atoms with Gasteiger partial charge in [0.1, 0.15) is 0 Å². The van der Waals surface area contributed by atoms with Gasteiger partial charge in [0.25, 0.3) is 0 Å². The Labute approximate surface area is 103 Å². The second-order valence-electron chi connectivity index (χ2n) is 4.45. The Kier molecular flexibility index (Phi) is 5.21. The molecule has 1 aliphatic rings. The molecule has 0 aromatic heterocycles. The third-order valence-electron chi connectivity index (χ3n) is 3.08. The zero-order valence-corrected chi connectivity index (χ0v) is 9.78. The molecule has 1 aliphatic heterocycles.